The Labute approximate surface area is 89.3 Å². The summed E-state index contributed by atoms with van der Waals surface area (Å²) in [5, 5.41) is 4.24. The van der Waals surface area contributed by atoms with Gasteiger partial charge in [0.25, 0.3) is 0 Å². The van der Waals surface area contributed by atoms with Crippen LogP contribution in [0.25, 0.3) is 0 Å². The molecule has 0 bridgehead atoms. The third-order valence-corrected chi connectivity index (χ3v) is 2.37. The Kier molecular flexibility index (Phi) is 2.42. The summed E-state index contributed by atoms with van der Waals surface area (Å²) >= 11 is 0. The second-order valence-electron chi connectivity index (χ2n) is 3.59. The molecule has 0 N–H and O–H groups in total. The van der Waals surface area contributed by atoms with E-state index in [1.165, 1.54) is 0 Å². The molecule has 2 heteroatoms. The van der Waals surface area contributed by atoms with E-state index in [1.807, 2.05) is 50.3 Å². The molecule has 0 amide bonds. The van der Waals surface area contributed by atoms with Gasteiger partial charge in [0.15, 0.2) is 5.78 Å². The molecule has 2 rings (SSSR count). The maximum absolute atomic E-state index is 12.0. The van der Waals surface area contributed by atoms with E-state index in [9.17, 15) is 4.79 Å². The van der Waals surface area contributed by atoms with E-state index in [2.05, 4.69) is 5.32 Å². The molecule has 15 heavy (non-hydrogen) atoms. The number of Topliss-reactive ketones (excluding diaryl/α,β-unsaturated/α-hetero) is 1. The number of carbonyl (C=O) groups is 1. The van der Waals surface area contributed by atoms with Crippen molar-refractivity contribution in [2.45, 2.75) is 13.8 Å². The number of allylic oxidation sites excluding steroid dienone is 4. The fourth-order valence-corrected chi connectivity index (χ4v) is 1.65. The highest BCUT2D eigenvalue weighted by molar-refractivity contribution is 6.11. The van der Waals surface area contributed by atoms with E-state index in [1.54, 1.807) is 0 Å². The Morgan fingerprint density at radius 1 is 1.13 bits per heavy atom. The quantitative estimate of drug-likeness (QED) is 0.672. The first-order chi connectivity index (χ1) is 7.18. The third-order valence-electron chi connectivity index (χ3n) is 2.37. The molecule has 1 radical (unpaired) electrons. The number of rotatable bonds is 2. The Hall–Kier alpha value is -1.83. The van der Waals surface area contributed by atoms with Crippen molar-refractivity contribution in [3.8, 4) is 0 Å². The lowest BCUT2D eigenvalue weighted by atomic mass is 10.0. The summed E-state index contributed by atoms with van der Waals surface area (Å²) in [6.07, 6.45) is 1.84. The molecule has 1 aromatic carbocycles. The summed E-state index contributed by atoms with van der Waals surface area (Å²) in [6, 6.07) is 9.28. The van der Waals surface area contributed by atoms with Crippen molar-refractivity contribution in [1.82, 2.24) is 5.32 Å². The van der Waals surface area contributed by atoms with Crippen molar-refractivity contribution < 1.29 is 4.79 Å². The fraction of sp³-hybridized carbons (Fsp3) is 0.154. The molecule has 75 valence electrons. The van der Waals surface area contributed by atoms with E-state index in [0.717, 1.165) is 11.4 Å². The van der Waals surface area contributed by atoms with E-state index >= 15 is 0 Å². The van der Waals surface area contributed by atoms with Gasteiger partial charge in [0.2, 0.25) is 0 Å². The summed E-state index contributed by atoms with van der Waals surface area (Å²) < 4.78 is 0. The lowest BCUT2D eigenvalue weighted by Crippen LogP contribution is -2.03. The van der Waals surface area contributed by atoms with Gasteiger partial charge in [0.1, 0.15) is 0 Å². The average molecular weight is 198 g/mol. The predicted octanol–water partition coefficient (Wildman–Crippen LogP) is 2.67. The van der Waals surface area contributed by atoms with Crippen LogP contribution in [0.1, 0.15) is 24.2 Å². The number of ketones is 1. The summed E-state index contributed by atoms with van der Waals surface area (Å²) in [5.41, 5.74) is 3.12. The van der Waals surface area contributed by atoms with Gasteiger partial charge in [-0.1, -0.05) is 30.3 Å². The normalized spacial score (nSPS) is 14.9. The molecule has 0 aromatic heterocycles. The van der Waals surface area contributed by atoms with Gasteiger partial charge in [0, 0.05) is 22.5 Å². The second-order valence-corrected chi connectivity index (χ2v) is 3.59. The summed E-state index contributed by atoms with van der Waals surface area (Å²) in [7, 11) is 0. The molecule has 0 saturated carbocycles. The van der Waals surface area contributed by atoms with Gasteiger partial charge in [-0.15, -0.1) is 0 Å². The van der Waals surface area contributed by atoms with E-state index in [-0.39, 0.29) is 5.78 Å². The Balaban J connectivity index is 2.34. The maximum Gasteiger partial charge on any atom is 0.194 e. The van der Waals surface area contributed by atoms with Crippen molar-refractivity contribution >= 4 is 5.78 Å². The van der Waals surface area contributed by atoms with Crippen LogP contribution in [0.15, 0.2) is 53.4 Å². The second kappa shape index (κ2) is 3.73. The SMILES string of the molecule is CC1=CC(C(=O)c2ccccc2)=C(C)[N]1. The van der Waals surface area contributed by atoms with Crippen LogP contribution < -0.4 is 5.32 Å². The molecular weight excluding hydrogens is 186 g/mol. The summed E-state index contributed by atoms with van der Waals surface area (Å²) in [5.74, 6) is 0.0497. The Morgan fingerprint density at radius 3 is 2.33 bits per heavy atom. The van der Waals surface area contributed by atoms with Crippen molar-refractivity contribution in [2.24, 2.45) is 0 Å². The maximum atomic E-state index is 12.0. The molecule has 1 aliphatic heterocycles. The number of carbonyl (C=O) groups excluding carboxylic acids is 1. The molecular formula is C13H12NO. The van der Waals surface area contributed by atoms with Crippen LogP contribution in [-0.4, -0.2) is 5.78 Å². The lowest BCUT2D eigenvalue weighted by Gasteiger charge is -2.00. The van der Waals surface area contributed by atoms with Gasteiger partial charge in [0.05, 0.1) is 0 Å². The molecule has 0 unspecified atom stereocenters. The van der Waals surface area contributed by atoms with Crippen LogP contribution in [-0.2, 0) is 0 Å². The summed E-state index contributed by atoms with van der Waals surface area (Å²) in [4.78, 5) is 12.0. The molecule has 1 heterocycles. The lowest BCUT2D eigenvalue weighted by molar-refractivity contribution is 0.103. The van der Waals surface area contributed by atoms with Gasteiger partial charge in [-0.2, -0.15) is 0 Å². The average Bonchev–Trinajstić information content (AvgIpc) is 2.58. The van der Waals surface area contributed by atoms with Crippen LogP contribution in [0.2, 0.25) is 0 Å². The topological polar surface area (TPSA) is 31.2 Å². The molecule has 0 fully saturated rings. The largest absolute Gasteiger partial charge is 0.289 e. The Morgan fingerprint density at radius 2 is 1.80 bits per heavy atom. The van der Waals surface area contributed by atoms with Crippen molar-refractivity contribution in [1.29, 1.82) is 0 Å². The third kappa shape index (κ3) is 1.84. The highest BCUT2D eigenvalue weighted by Gasteiger charge is 2.18. The van der Waals surface area contributed by atoms with Crippen molar-refractivity contribution in [3.05, 3.63) is 58.9 Å². The first-order valence-electron chi connectivity index (χ1n) is 4.89. The molecule has 1 aliphatic rings. The molecule has 0 aliphatic carbocycles. The van der Waals surface area contributed by atoms with Gasteiger partial charge < -0.3 is 0 Å². The zero-order chi connectivity index (χ0) is 10.8. The number of nitrogens with zero attached hydrogens (tertiary/aromatic N) is 1. The molecule has 0 saturated heterocycles. The number of hydrogen-bond acceptors (Lipinski definition) is 1. The molecule has 2 nitrogen and oxygen atoms in total. The van der Waals surface area contributed by atoms with Gasteiger partial charge in [-0.25, -0.2) is 0 Å². The van der Waals surface area contributed by atoms with Gasteiger partial charge >= 0.3 is 0 Å². The molecule has 0 atom stereocenters. The van der Waals surface area contributed by atoms with Gasteiger partial charge in [-0.3, -0.25) is 10.1 Å². The smallest absolute Gasteiger partial charge is 0.194 e. The highest BCUT2D eigenvalue weighted by Crippen LogP contribution is 2.20. The van der Waals surface area contributed by atoms with E-state index in [4.69, 9.17) is 0 Å². The van der Waals surface area contributed by atoms with Crippen LogP contribution in [0, 0.1) is 0 Å². The monoisotopic (exact) mass is 198 g/mol. The van der Waals surface area contributed by atoms with Crippen LogP contribution in [0.3, 0.4) is 0 Å². The zero-order valence-corrected chi connectivity index (χ0v) is 8.82. The van der Waals surface area contributed by atoms with Crippen LogP contribution >= 0.6 is 0 Å². The first-order valence-corrected chi connectivity index (χ1v) is 4.89. The zero-order valence-electron chi connectivity index (χ0n) is 8.82. The molecule has 1 aromatic rings. The minimum absolute atomic E-state index is 0.0497. The standard InChI is InChI=1S/C13H12NO/c1-9-8-12(10(2)14-9)13(15)11-6-4-3-5-7-11/h3-8H,1-2H3. The van der Waals surface area contributed by atoms with E-state index < -0.39 is 0 Å². The summed E-state index contributed by atoms with van der Waals surface area (Å²) in [6.45, 7) is 3.76. The van der Waals surface area contributed by atoms with E-state index in [0.29, 0.717) is 11.1 Å². The molecule has 0 spiro atoms. The highest BCUT2D eigenvalue weighted by atomic mass is 16.1. The minimum atomic E-state index is 0.0497. The first kappa shape index (κ1) is 9.71. The number of hydrogen-bond donors (Lipinski definition) is 0. The predicted molar refractivity (Wildman–Crippen MR) is 59.4 cm³/mol. The van der Waals surface area contributed by atoms with Crippen molar-refractivity contribution in [3.63, 3.8) is 0 Å². The Bertz CT molecular complexity index is 455. The van der Waals surface area contributed by atoms with Crippen LogP contribution in [0.4, 0.5) is 0 Å². The number of benzene rings is 1. The van der Waals surface area contributed by atoms with Crippen LogP contribution in [0.5, 0.6) is 0 Å². The minimum Gasteiger partial charge on any atom is -0.289 e. The van der Waals surface area contributed by atoms with Gasteiger partial charge in [-0.05, 0) is 19.9 Å². The fourth-order valence-electron chi connectivity index (χ4n) is 1.65. The van der Waals surface area contributed by atoms with Crippen molar-refractivity contribution in [2.75, 3.05) is 0 Å².